The fourth-order valence-electron chi connectivity index (χ4n) is 1.11. The van der Waals surface area contributed by atoms with E-state index in [1.165, 1.54) is 11.3 Å². The molecule has 1 N–H and O–H groups in total. The molecule has 0 spiro atoms. The minimum absolute atomic E-state index is 1.00. The Bertz CT molecular complexity index is 236. The molecule has 0 aliphatic carbocycles. The molecule has 0 atom stereocenters. The number of fused-ring (bicyclic) bond motifs is 1. The van der Waals surface area contributed by atoms with Crippen LogP contribution >= 0.6 is 0 Å². The van der Waals surface area contributed by atoms with Crippen molar-refractivity contribution in [3.05, 3.63) is 42.1 Å². The number of hydrogen-bond acceptors (Lipinski definition) is 1. The monoisotopic (exact) mass is 130 g/mol. The third-order valence-corrected chi connectivity index (χ3v) is 1.65. The quantitative estimate of drug-likeness (QED) is 0.529. The van der Waals surface area contributed by atoms with Gasteiger partial charge in [-0.15, -0.1) is 0 Å². The summed E-state index contributed by atoms with van der Waals surface area (Å²) in [6.45, 7) is 0. The van der Waals surface area contributed by atoms with Crippen LogP contribution in [0, 0.1) is 6.20 Å². The zero-order valence-corrected chi connectivity index (χ0v) is 5.59. The molecule has 0 saturated heterocycles. The van der Waals surface area contributed by atoms with Crippen molar-refractivity contribution >= 4 is 5.69 Å². The van der Waals surface area contributed by atoms with Crippen molar-refractivity contribution in [2.45, 2.75) is 6.42 Å². The SMILES string of the molecule is [C+]1=CCc2ccccc2N1. The Morgan fingerprint density at radius 1 is 1.30 bits per heavy atom. The summed E-state index contributed by atoms with van der Waals surface area (Å²) in [4.78, 5) is 0. The van der Waals surface area contributed by atoms with Gasteiger partial charge in [-0.05, 0) is 12.1 Å². The van der Waals surface area contributed by atoms with Crippen LogP contribution in [0.5, 0.6) is 0 Å². The van der Waals surface area contributed by atoms with Crippen LogP contribution in [-0.2, 0) is 6.42 Å². The molecule has 48 valence electrons. The van der Waals surface area contributed by atoms with Crippen molar-refractivity contribution < 1.29 is 0 Å². The molecular formula is C9H8N+. The Morgan fingerprint density at radius 2 is 2.20 bits per heavy atom. The lowest BCUT2D eigenvalue weighted by Crippen LogP contribution is -1.99. The van der Waals surface area contributed by atoms with E-state index >= 15 is 0 Å². The van der Waals surface area contributed by atoms with Gasteiger partial charge in [0.05, 0.1) is 11.6 Å². The average Bonchev–Trinajstić information content (AvgIpc) is 2.05. The van der Waals surface area contributed by atoms with E-state index in [1.54, 1.807) is 0 Å². The second-order valence-corrected chi connectivity index (χ2v) is 2.33. The Labute approximate surface area is 60.4 Å². The minimum atomic E-state index is 1.00. The second kappa shape index (κ2) is 2.13. The molecule has 1 nitrogen and oxygen atoms in total. The van der Waals surface area contributed by atoms with Gasteiger partial charge in [0, 0.05) is 12.5 Å². The normalized spacial score (nSPS) is 13.2. The van der Waals surface area contributed by atoms with Gasteiger partial charge in [0.1, 0.15) is 0 Å². The second-order valence-electron chi connectivity index (χ2n) is 2.33. The van der Waals surface area contributed by atoms with Gasteiger partial charge in [0.2, 0.25) is 0 Å². The topological polar surface area (TPSA) is 12.0 Å². The minimum Gasteiger partial charge on any atom is -0.160 e. The summed E-state index contributed by atoms with van der Waals surface area (Å²) in [5.74, 6) is 0. The lowest BCUT2D eigenvalue weighted by Gasteiger charge is -1.99. The lowest BCUT2D eigenvalue weighted by molar-refractivity contribution is 1.21. The summed E-state index contributed by atoms with van der Waals surface area (Å²) in [6, 6.07) is 8.27. The predicted molar refractivity (Wildman–Crippen MR) is 41.6 cm³/mol. The molecule has 0 saturated carbocycles. The highest BCUT2D eigenvalue weighted by Gasteiger charge is 2.10. The molecule has 0 amide bonds. The van der Waals surface area contributed by atoms with Crippen LogP contribution in [0.2, 0.25) is 0 Å². The van der Waals surface area contributed by atoms with Crippen LogP contribution in [0.3, 0.4) is 0 Å². The maximum Gasteiger partial charge on any atom is 0.184 e. The first-order valence-electron chi connectivity index (χ1n) is 3.38. The van der Waals surface area contributed by atoms with Crippen molar-refractivity contribution in [3.8, 4) is 0 Å². The van der Waals surface area contributed by atoms with E-state index < -0.39 is 0 Å². The predicted octanol–water partition coefficient (Wildman–Crippen LogP) is 1.97. The molecule has 1 aromatic rings. The molecule has 1 aromatic carbocycles. The average molecular weight is 130 g/mol. The molecule has 2 rings (SSSR count). The van der Waals surface area contributed by atoms with Crippen LogP contribution in [0.25, 0.3) is 0 Å². The first-order valence-corrected chi connectivity index (χ1v) is 3.38. The number of hydrogen-bond donors (Lipinski definition) is 1. The van der Waals surface area contributed by atoms with E-state index in [0.29, 0.717) is 0 Å². The fraction of sp³-hybridized carbons (Fsp3) is 0.111. The first-order chi connectivity index (χ1) is 4.97. The van der Waals surface area contributed by atoms with Crippen molar-refractivity contribution in [2.24, 2.45) is 0 Å². The maximum absolute atomic E-state index is 3.06. The number of allylic oxidation sites excluding steroid dienone is 1. The third-order valence-electron chi connectivity index (χ3n) is 1.65. The van der Waals surface area contributed by atoms with E-state index in [9.17, 15) is 0 Å². The van der Waals surface area contributed by atoms with E-state index in [4.69, 9.17) is 0 Å². The number of rotatable bonds is 0. The van der Waals surface area contributed by atoms with Gasteiger partial charge >= 0.3 is 0 Å². The van der Waals surface area contributed by atoms with E-state index in [2.05, 4.69) is 29.7 Å². The summed E-state index contributed by atoms with van der Waals surface area (Å²) in [6.07, 6.45) is 5.97. The van der Waals surface area contributed by atoms with Crippen LogP contribution in [0.1, 0.15) is 5.56 Å². The standard InChI is InChI=1S/C9H8N/c1-2-6-9-8(4-1)5-3-7-10-9/h1-4,6,10H,5H2/q+1. The van der Waals surface area contributed by atoms with E-state index in [-0.39, 0.29) is 0 Å². The molecule has 0 bridgehead atoms. The van der Waals surface area contributed by atoms with Gasteiger partial charge in [-0.2, -0.15) is 5.32 Å². The lowest BCUT2D eigenvalue weighted by atomic mass is 10.1. The first kappa shape index (κ1) is 5.45. The molecule has 0 fully saturated rings. The van der Waals surface area contributed by atoms with Gasteiger partial charge in [-0.3, -0.25) is 0 Å². The van der Waals surface area contributed by atoms with Gasteiger partial charge in [0.15, 0.2) is 11.9 Å². The molecule has 0 radical (unpaired) electrons. The molecule has 1 heterocycles. The highest BCUT2D eigenvalue weighted by Crippen LogP contribution is 2.18. The number of anilines is 1. The highest BCUT2D eigenvalue weighted by atomic mass is 14.8. The van der Waals surface area contributed by atoms with Crippen LogP contribution < -0.4 is 5.32 Å². The summed E-state index contributed by atoms with van der Waals surface area (Å²) < 4.78 is 0. The molecular weight excluding hydrogens is 122 g/mol. The van der Waals surface area contributed by atoms with Crippen molar-refractivity contribution in [1.82, 2.24) is 0 Å². The van der Waals surface area contributed by atoms with Crippen molar-refractivity contribution in [3.63, 3.8) is 0 Å². The molecule has 0 unspecified atom stereocenters. The summed E-state index contributed by atoms with van der Waals surface area (Å²) in [7, 11) is 0. The van der Waals surface area contributed by atoms with E-state index in [1.807, 2.05) is 12.1 Å². The zero-order chi connectivity index (χ0) is 6.81. The molecule has 0 aromatic heterocycles. The van der Waals surface area contributed by atoms with Gasteiger partial charge in [-0.25, -0.2) is 0 Å². The smallest absolute Gasteiger partial charge is 0.160 e. The van der Waals surface area contributed by atoms with Crippen molar-refractivity contribution in [1.29, 1.82) is 0 Å². The van der Waals surface area contributed by atoms with Gasteiger partial charge < -0.3 is 0 Å². The van der Waals surface area contributed by atoms with Crippen LogP contribution in [0.15, 0.2) is 30.3 Å². The van der Waals surface area contributed by atoms with Crippen molar-refractivity contribution in [2.75, 3.05) is 5.32 Å². The van der Waals surface area contributed by atoms with Gasteiger partial charge in [-0.1, -0.05) is 6.07 Å². The third kappa shape index (κ3) is 0.772. The number of para-hydroxylation sites is 1. The Morgan fingerprint density at radius 3 is 3.10 bits per heavy atom. The largest absolute Gasteiger partial charge is 0.184 e. The number of benzene rings is 1. The zero-order valence-electron chi connectivity index (χ0n) is 5.59. The maximum atomic E-state index is 3.06. The highest BCUT2D eigenvalue weighted by molar-refractivity contribution is 5.54. The van der Waals surface area contributed by atoms with Gasteiger partial charge in [0.25, 0.3) is 0 Å². The molecule has 1 aliphatic rings. The molecule has 1 aliphatic heterocycles. The van der Waals surface area contributed by atoms with E-state index in [0.717, 1.165) is 6.42 Å². The Hall–Kier alpha value is -1.33. The Kier molecular flexibility index (Phi) is 1.16. The Balaban J connectivity index is 2.47. The summed E-state index contributed by atoms with van der Waals surface area (Å²) in [5.41, 5.74) is 2.53. The number of nitrogens with one attached hydrogen (secondary N) is 1. The molecule has 10 heavy (non-hydrogen) atoms. The summed E-state index contributed by atoms with van der Waals surface area (Å²) in [5, 5.41) is 3.06. The summed E-state index contributed by atoms with van der Waals surface area (Å²) >= 11 is 0. The van der Waals surface area contributed by atoms with Crippen LogP contribution in [0.4, 0.5) is 5.69 Å². The van der Waals surface area contributed by atoms with Crippen LogP contribution in [-0.4, -0.2) is 0 Å². The molecule has 1 heteroatoms. The fourth-order valence-corrected chi connectivity index (χ4v) is 1.11.